The summed E-state index contributed by atoms with van der Waals surface area (Å²) in [6.07, 6.45) is 0. The Bertz CT molecular complexity index is 1450. The number of rotatable bonds is 8. The number of nitrogens with zero attached hydrogens (tertiary/aromatic N) is 3. The third kappa shape index (κ3) is 5.95. The van der Waals surface area contributed by atoms with E-state index in [1.807, 2.05) is 54.6 Å². The van der Waals surface area contributed by atoms with E-state index in [0.29, 0.717) is 22.3 Å². The first-order chi connectivity index (χ1) is 17.5. The molecule has 1 atom stereocenters. The molecule has 4 aromatic carbocycles. The van der Waals surface area contributed by atoms with Gasteiger partial charge in [-0.05, 0) is 48.5 Å². The first-order valence-corrected chi connectivity index (χ1v) is 15.2. The molecule has 0 amide bonds. The van der Waals surface area contributed by atoms with E-state index in [1.54, 1.807) is 54.6 Å². The molecule has 0 saturated carbocycles. The quantitative estimate of drug-likeness (QED) is 0.196. The lowest BCUT2D eigenvalue weighted by Crippen LogP contribution is -2.05. The van der Waals surface area contributed by atoms with Crippen molar-refractivity contribution < 1.29 is 18.1 Å². The average molecular weight is 576 g/mol. The molecule has 0 N–H and O–H groups in total. The van der Waals surface area contributed by atoms with Crippen LogP contribution >= 0.6 is 47.0 Å². The SMILES string of the molecule is Clc1cccc(OP2(Oc3ccccc3)=NP=NP(Oc3ccccc3)(Oc3ccccc3)=N2)c1Cl. The number of benzene rings is 4. The van der Waals surface area contributed by atoms with Crippen molar-refractivity contribution in [2.24, 2.45) is 13.5 Å². The molecule has 5 rings (SSSR count). The van der Waals surface area contributed by atoms with E-state index in [4.69, 9.17) is 45.8 Å². The standard InChI is InChI=1S/C24H18Cl2N3O4P3/c25-22-17-10-18-23(24(22)26)33-36(32-21-15-8-3-9-16-21)28-34-27-35(29-36,30-19-11-4-1-5-12-19)31-20-13-6-2-7-14-20/h1-18H. The Kier molecular flexibility index (Phi) is 7.67. The van der Waals surface area contributed by atoms with Crippen LogP contribution in [0.25, 0.3) is 0 Å². The fraction of sp³-hybridized carbons (Fsp3) is 0. The summed E-state index contributed by atoms with van der Waals surface area (Å²) in [5.41, 5.74) is 0. The van der Waals surface area contributed by atoms with Crippen LogP contribution in [0.2, 0.25) is 10.0 Å². The Morgan fingerprint density at radius 1 is 0.556 bits per heavy atom. The molecule has 4 aromatic rings. The van der Waals surface area contributed by atoms with Gasteiger partial charge in [-0.1, -0.05) is 88.4 Å². The van der Waals surface area contributed by atoms with Gasteiger partial charge in [-0.25, -0.2) is 0 Å². The molecule has 0 aromatic heterocycles. The summed E-state index contributed by atoms with van der Waals surface area (Å²) < 4.78 is 39.4. The Balaban J connectivity index is 1.66. The predicted octanol–water partition coefficient (Wildman–Crippen LogP) is 10.6. The molecule has 1 aliphatic heterocycles. The van der Waals surface area contributed by atoms with Crippen LogP contribution in [-0.4, -0.2) is 0 Å². The van der Waals surface area contributed by atoms with E-state index in [1.165, 1.54) is 0 Å². The Morgan fingerprint density at radius 2 is 1.06 bits per heavy atom. The van der Waals surface area contributed by atoms with Crippen LogP contribution in [0.1, 0.15) is 0 Å². The molecule has 0 saturated heterocycles. The van der Waals surface area contributed by atoms with Gasteiger partial charge in [0.15, 0.2) is 14.3 Å². The number of hydrogen-bond donors (Lipinski definition) is 0. The van der Waals surface area contributed by atoms with Crippen molar-refractivity contribution in [1.29, 1.82) is 0 Å². The Hall–Kier alpha value is -2.78. The minimum Gasteiger partial charge on any atom is -0.413 e. The van der Waals surface area contributed by atoms with E-state index in [2.05, 4.69) is 9.03 Å². The minimum atomic E-state index is -3.48. The molecule has 1 aliphatic rings. The molecule has 0 spiro atoms. The topological polar surface area (TPSA) is 74.0 Å². The highest BCUT2D eigenvalue weighted by Crippen LogP contribution is 2.70. The first kappa shape index (κ1) is 24.9. The van der Waals surface area contributed by atoms with Gasteiger partial charge in [-0.2, -0.15) is 0 Å². The van der Waals surface area contributed by atoms with Gasteiger partial charge < -0.3 is 18.1 Å². The van der Waals surface area contributed by atoms with E-state index in [0.717, 1.165) is 0 Å². The molecule has 7 nitrogen and oxygen atoms in total. The fourth-order valence-corrected chi connectivity index (χ4v) is 9.59. The Morgan fingerprint density at radius 3 is 1.58 bits per heavy atom. The molecule has 0 bridgehead atoms. The van der Waals surface area contributed by atoms with Gasteiger partial charge in [0.2, 0.25) is 0 Å². The van der Waals surface area contributed by atoms with E-state index in [9.17, 15) is 0 Å². The third-order valence-corrected chi connectivity index (χ3v) is 11.4. The molecular weight excluding hydrogens is 558 g/mol. The second-order valence-corrected chi connectivity index (χ2v) is 13.0. The van der Waals surface area contributed by atoms with E-state index in [-0.39, 0.29) is 19.3 Å². The van der Waals surface area contributed by atoms with Crippen LogP contribution in [-0.2, 0) is 0 Å². The molecule has 12 heteroatoms. The average Bonchev–Trinajstić information content (AvgIpc) is 2.89. The second-order valence-electron chi connectivity index (χ2n) is 7.20. The van der Waals surface area contributed by atoms with Crippen LogP contribution in [0.4, 0.5) is 0 Å². The summed E-state index contributed by atoms with van der Waals surface area (Å²) in [5, 5.41) is 0.546. The van der Waals surface area contributed by atoms with Gasteiger partial charge >= 0.3 is 15.3 Å². The minimum absolute atomic E-state index is 0.219. The van der Waals surface area contributed by atoms with E-state index >= 15 is 0 Å². The van der Waals surface area contributed by atoms with Crippen molar-refractivity contribution in [3.05, 3.63) is 119 Å². The van der Waals surface area contributed by atoms with Crippen LogP contribution in [0, 0.1) is 0 Å². The summed E-state index contributed by atoms with van der Waals surface area (Å²) in [6.45, 7) is 0. The number of halogens is 2. The van der Waals surface area contributed by atoms with Crippen LogP contribution in [0.5, 0.6) is 23.0 Å². The molecular formula is C24H18Cl2N3O4P3. The van der Waals surface area contributed by atoms with Crippen LogP contribution < -0.4 is 18.1 Å². The highest BCUT2D eigenvalue weighted by molar-refractivity contribution is 7.73. The lowest BCUT2D eigenvalue weighted by Gasteiger charge is -2.27. The van der Waals surface area contributed by atoms with Crippen LogP contribution in [0.3, 0.4) is 0 Å². The zero-order valence-electron chi connectivity index (χ0n) is 18.5. The van der Waals surface area contributed by atoms with Crippen molar-refractivity contribution in [2.75, 3.05) is 0 Å². The lowest BCUT2D eigenvalue weighted by molar-refractivity contribution is 0.460. The maximum atomic E-state index is 6.45. The maximum Gasteiger partial charge on any atom is 0.460 e. The molecule has 1 unspecified atom stereocenters. The van der Waals surface area contributed by atoms with E-state index < -0.39 is 15.3 Å². The molecule has 0 aliphatic carbocycles. The third-order valence-electron chi connectivity index (χ3n) is 4.57. The first-order valence-electron chi connectivity index (χ1n) is 10.6. The van der Waals surface area contributed by atoms with Gasteiger partial charge in [0, 0.05) is 0 Å². The van der Waals surface area contributed by atoms with Crippen molar-refractivity contribution >= 4 is 47.0 Å². The summed E-state index contributed by atoms with van der Waals surface area (Å²) in [6, 6.07) is 32.6. The summed E-state index contributed by atoms with van der Waals surface area (Å²) in [4.78, 5) is 0. The monoisotopic (exact) mass is 575 g/mol. The highest BCUT2D eigenvalue weighted by Gasteiger charge is 2.39. The zero-order chi connectivity index (χ0) is 24.8. The molecule has 36 heavy (non-hydrogen) atoms. The summed E-state index contributed by atoms with van der Waals surface area (Å²) >= 11 is 12.7. The zero-order valence-corrected chi connectivity index (χ0v) is 22.7. The van der Waals surface area contributed by atoms with Gasteiger partial charge in [0.05, 0.1) is 5.02 Å². The predicted molar refractivity (Wildman–Crippen MR) is 146 cm³/mol. The van der Waals surface area contributed by atoms with Crippen molar-refractivity contribution in [2.45, 2.75) is 0 Å². The van der Waals surface area contributed by atoms with Crippen LogP contribution in [0.15, 0.2) is 123 Å². The van der Waals surface area contributed by atoms with Crippen molar-refractivity contribution in [1.82, 2.24) is 0 Å². The largest absolute Gasteiger partial charge is 0.460 e. The normalized spacial score (nSPS) is 18.3. The maximum absolute atomic E-state index is 6.45. The molecule has 0 radical (unpaired) electrons. The van der Waals surface area contributed by atoms with Gasteiger partial charge in [-0.15, -0.1) is 9.03 Å². The lowest BCUT2D eigenvalue weighted by atomic mass is 10.3. The molecule has 182 valence electrons. The fourth-order valence-electron chi connectivity index (χ4n) is 3.02. The van der Waals surface area contributed by atoms with Crippen molar-refractivity contribution in [3.63, 3.8) is 0 Å². The second kappa shape index (κ2) is 11.1. The van der Waals surface area contributed by atoms with Gasteiger partial charge in [-0.3, -0.25) is 0 Å². The molecule has 0 fully saturated rings. The summed E-state index contributed by atoms with van der Waals surface area (Å²) in [7, 11) is -6.59. The smallest absolute Gasteiger partial charge is 0.413 e. The van der Waals surface area contributed by atoms with Gasteiger partial charge in [0.25, 0.3) is 0 Å². The highest BCUT2D eigenvalue weighted by atomic mass is 35.5. The van der Waals surface area contributed by atoms with Crippen molar-refractivity contribution in [3.8, 4) is 23.0 Å². The molecule has 1 heterocycles. The number of hydrogen-bond acceptors (Lipinski definition) is 7. The van der Waals surface area contributed by atoms with Gasteiger partial charge in [0.1, 0.15) is 22.3 Å². The Labute approximate surface area is 220 Å². The summed E-state index contributed by atoms with van der Waals surface area (Å²) in [5.74, 6) is 1.84. The number of para-hydroxylation sites is 3.